The van der Waals surface area contributed by atoms with Crippen molar-refractivity contribution < 1.29 is 9.59 Å². The third-order valence-corrected chi connectivity index (χ3v) is 6.19. The van der Waals surface area contributed by atoms with Gasteiger partial charge in [-0.2, -0.15) is 0 Å². The van der Waals surface area contributed by atoms with E-state index < -0.39 is 5.41 Å². The molecule has 0 spiro atoms. The Bertz CT molecular complexity index is 910. The van der Waals surface area contributed by atoms with Crippen LogP contribution in [0.3, 0.4) is 0 Å². The fraction of sp³-hybridized carbons (Fsp3) is 0.417. The van der Waals surface area contributed by atoms with Crippen LogP contribution in [-0.2, 0) is 16.0 Å². The topological polar surface area (TPSA) is 61.4 Å². The zero-order chi connectivity index (χ0) is 20.4. The van der Waals surface area contributed by atoms with Gasteiger partial charge in [-0.15, -0.1) is 0 Å². The van der Waals surface area contributed by atoms with E-state index in [0.29, 0.717) is 12.8 Å². The molecule has 1 heterocycles. The van der Waals surface area contributed by atoms with E-state index in [2.05, 4.69) is 22.5 Å². The van der Waals surface area contributed by atoms with Crippen molar-refractivity contribution in [1.82, 2.24) is 0 Å². The second kappa shape index (κ2) is 7.90. The average molecular weight is 392 g/mol. The van der Waals surface area contributed by atoms with Crippen LogP contribution in [0.4, 0.5) is 17.1 Å². The molecular weight excluding hydrogens is 362 g/mol. The van der Waals surface area contributed by atoms with Crippen molar-refractivity contribution in [2.75, 3.05) is 28.6 Å². The number of rotatable bonds is 6. The molecule has 0 unspecified atom stereocenters. The van der Waals surface area contributed by atoms with E-state index in [1.54, 1.807) is 0 Å². The standard InChI is InChI=1S/C24H29N3O2/c1-3-18-8-6-7-17(2)21(18)26-23(29)24(13-14-24)22(28)25-19-9-11-20(12-10-19)27-15-4-5-16-27/h6-12H,3-5,13-16H2,1-2H3,(H,25,28)(H,26,29). The van der Waals surface area contributed by atoms with Crippen LogP contribution in [0.1, 0.15) is 43.7 Å². The second-order valence-electron chi connectivity index (χ2n) is 8.19. The van der Waals surface area contributed by atoms with Crippen molar-refractivity contribution in [2.45, 2.75) is 46.0 Å². The lowest BCUT2D eigenvalue weighted by Crippen LogP contribution is -2.36. The number of benzene rings is 2. The van der Waals surface area contributed by atoms with Crippen LogP contribution in [0.25, 0.3) is 0 Å². The summed E-state index contributed by atoms with van der Waals surface area (Å²) in [7, 11) is 0. The molecule has 2 aromatic rings. The Hall–Kier alpha value is -2.82. The fourth-order valence-electron chi connectivity index (χ4n) is 4.10. The summed E-state index contributed by atoms with van der Waals surface area (Å²) in [5, 5.41) is 5.99. The van der Waals surface area contributed by atoms with Gasteiger partial charge in [0.15, 0.2) is 0 Å². The van der Waals surface area contributed by atoms with Crippen LogP contribution in [0.15, 0.2) is 42.5 Å². The Morgan fingerprint density at radius 3 is 2.24 bits per heavy atom. The normalized spacial score (nSPS) is 17.1. The van der Waals surface area contributed by atoms with Gasteiger partial charge >= 0.3 is 0 Å². The number of nitrogens with one attached hydrogen (secondary N) is 2. The minimum atomic E-state index is -0.957. The molecule has 5 nitrogen and oxygen atoms in total. The molecule has 0 atom stereocenters. The predicted octanol–water partition coefficient (Wildman–Crippen LogP) is 4.52. The van der Waals surface area contributed by atoms with Gasteiger partial charge in [0.25, 0.3) is 0 Å². The first kappa shape index (κ1) is 19.5. The number of anilines is 3. The van der Waals surface area contributed by atoms with E-state index in [1.807, 2.05) is 49.4 Å². The third-order valence-electron chi connectivity index (χ3n) is 6.19. The summed E-state index contributed by atoms with van der Waals surface area (Å²) < 4.78 is 0. The lowest BCUT2D eigenvalue weighted by Gasteiger charge is -2.20. The molecule has 1 saturated carbocycles. The lowest BCUT2D eigenvalue weighted by molar-refractivity contribution is -0.131. The lowest BCUT2D eigenvalue weighted by atomic mass is 10.0. The van der Waals surface area contributed by atoms with Crippen LogP contribution < -0.4 is 15.5 Å². The Balaban J connectivity index is 1.44. The van der Waals surface area contributed by atoms with Crippen LogP contribution in [-0.4, -0.2) is 24.9 Å². The number of nitrogens with zero attached hydrogens (tertiary/aromatic N) is 1. The summed E-state index contributed by atoms with van der Waals surface area (Å²) >= 11 is 0. The van der Waals surface area contributed by atoms with Gasteiger partial charge in [0.2, 0.25) is 11.8 Å². The monoisotopic (exact) mass is 391 g/mol. The van der Waals surface area contributed by atoms with Gasteiger partial charge in [0.05, 0.1) is 0 Å². The SMILES string of the molecule is CCc1cccc(C)c1NC(=O)C1(C(=O)Nc2ccc(N3CCCC3)cc2)CC1. The van der Waals surface area contributed by atoms with E-state index in [1.165, 1.54) is 18.5 Å². The van der Waals surface area contributed by atoms with Crippen molar-refractivity contribution in [3.8, 4) is 0 Å². The molecule has 1 aliphatic carbocycles. The van der Waals surface area contributed by atoms with Crippen molar-refractivity contribution in [2.24, 2.45) is 5.41 Å². The minimum absolute atomic E-state index is 0.201. The zero-order valence-corrected chi connectivity index (χ0v) is 17.3. The smallest absolute Gasteiger partial charge is 0.240 e. The second-order valence-corrected chi connectivity index (χ2v) is 8.19. The van der Waals surface area contributed by atoms with E-state index in [-0.39, 0.29) is 11.8 Å². The van der Waals surface area contributed by atoms with Crippen molar-refractivity contribution in [3.63, 3.8) is 0 Å². The maximum Gasteiger partial charge on any atom is 0.240 e. The molecule has 2 aromatic carbocycles. The maximum atomic E-state index is 13.0. The Labute approximate surface area is 172 Å². The number of aryl methyl sites for hydroxylation is 2. The van der Waals surface area contributed by atoms with E-state index in [0.717, 1.165) is 42.0 Å². The molecule has 5 heteroatoms. The summed E-state index contributed by atoms with van der Waals surface area (Å²) in [4.78, 5) is 28.3. The highest BCUT2D eigenvalue weighted by atomic mass is 16.2. The molecule has 2 N–H and O–H groups in total. The van der Waals surface area contributed by atoms with Crippen LogP contribution in [0, 0.1) is 12.3 Å². The van der Waals surface area contributed by atoms with Gasteiger partial charge in [0.1, 0.15) is 5.41 Å². The van der Waals surface area contributed by atoms with Gasteiger partial charge in [-0.25, -0.2) is 0 Å². The summed E-state index contributed by atoms with van der Waals surface area (Å²) in [6.07, 6.45) is 4.47. The molecule has 0 bridgehead atoms. The molecule has 152 valence electrons. The minimum Gasteiger partial charge on any atom is -0.372 e. The van der Waals surface area contributed by atoms with Gasteiger partial charge in [-0.05, 0) is 74.4 Å². The summed E-state index contributed by atoms with van der Waals surface area (Å²) in [6.45, 7) is 6.23. The number of amides is 2. The predicted molar refractivity (Wildman–Crippen MR) is 117 cm³/mol. The van der Waals surface area contributed by atoms with Gasteiger partial charge < -0.3 is 15.5 Å². The summed E-state index contributed by atoms with van der Waals surface area (Å²) in [6, 6.07) is 13.9. The molecule has 1 aliphatic heterocycles. The van der Waals surface area contributed by atoms with Gasteiger partial charge in [-0.3, -0.25) is 9.59 Å². The first-order valence-corrected chi connectivity index (χ1v) is 10.6. The maximum absolute atomic E-state index is 13.0. The summed E-state index contributed by atoms with van der Waals surface area (Å²) in [5.41, 5.74) is 3.92. The number of hydrogen-bond acceptors (Lipinski definition) is 3. The third kappa shape index (κ3) is 3.86. The van der Waals surface area contributed by atoms with Gasteiger partial charge in [-0.1, -0.05) is 25.1 Å². The highest BCUT2D eigenvalue weighted by Crippen LogP contribution is 2.48. The van der Waals surface area contributed by atoms with Crippen LogP contribution in [0.5, 0.6) is 0 Å². The number of carbonyl (C=O) groups is 2. The first-order valence-electron chi connectivity index (χ1n) is 10.6. The molecule has 29 heavy (non-hydrogen) atoms. The number of para-hydroxylation sites is 1. The van der Waals surface area contributed by atoms with Crippen LogP contribution >= 0.6 is 0 Å². The molecule has 0 radical (unpaired) electrons. The fourth-order valence-corrected chi connectivity index (χ4v) is 4.10. The number of carbonyl (C=O) groups excluding carboxylic acids is 2. The Morgan fingerprint density at radius 1 is 0.966 bits per heavy atom. The average Bonchev–Trinajstić information content (AvgIpc) is 3.37. The Morgan fingerprint density at radius 2 is 1.62 bits per heavy atom. The van der Waals surface area contributed by atoms with Crippen molar-refractivity contribution >= 4 is 28.9 Å². The van der Waals surface area contributed by atoms with E-state index in [9.17, 15) is 9.59 Å². The molecule has 1 saturated heterocycles. The largest absolute Gasteiger partial charge is 0.372 e. The van der Waals surface area contributed by atoms with Crippen molar-refractivity contribution in [3.05, 3.63) is 53.6 Å². The molecule has 2 aliphatic rings. The molecule has 4 rings (SSSR count). The zero-order valence-electron chi connectivity index (χ0n) is 17.3. The quantitative estimate of drug-likeness (QED) is 0.712. The highest BCUT2D eigenvalue weighted by molar-refractivity contribution is 6.17. The first-order chi connectivity index (χ1) is 14.0. The van der Waals surface area contributed by atoms with Crippen molar-refractivity contribution in [1.29, 1.82) is 0 Å². The number of hydrogen-bond donors (Lipinski definition) is 2. The Kier molecular flexibility index (Phi) is 5.31. The van der Waals surface area contributed by atoms with Gasteiger partial charge in [0, 0.05) is 30.2 Å². The van der Waals surface area contributed by atoms with E-state index in [4.69, 9.17) is 0 Å². The molecule has 0 aromatic heterocycles. The molecule has 2 fully saturated rings. The highest BCUT2D eigenvalue weighted by Gasteiger charge is 2.56. The molecule has 2 amide bonds. The summed E-state index contributed by atoms with van der Waals surface area (Å²) in [5.74, 6) is -0.414. The molecular formula is C24H29N3O2. The van der Waals surface area contributed by atoms with E-state index >= 15 is 0 Å². The van der Waals surface area contributed by atoms with Crippen LogP contribution in [0.2, 0.25) is 0 Å².